The van der Waals surface area contributed by atoms with E-state index in [4.69, 9.17) is 4.74 Å². The van der Waals surface area contributed by atoms with Crippen LogP contribution in [0.2, 0.25) is 0 Å². The van der Waals surface area contributed by atoms with Crippen molar-refractivity contribution in [1.82, 2.24) is 14.8 Å². The Hall–Kier alpha value is -1.69. The number of aromatic nitrogens is 3. The zero-order valence-electron chi connectivity index (χ0n) is 11.7. The van der Waals surface area contributed by atoms with Gasteiger partial charge in [-0.2, -0.15) is 0 Å². The quantitative estimate of drug-likeness (QED) is 0.792. The maximum atomic E-state index is 5.47. The minimum atomic E-state index is 0.689. The molecule has 1 aromatic heterocycles. The predicted octanol–water partition coefficient (Wildman–Crippen LogP) is 2.94. The lowest BCUT2D eigenvalue weighted by Crippen LogP contribution is -2.14. The van der Waals surface area contributed by atoms with Crippen LogP contribution >= 0.6 is 11.8 Å². The van der Waals surface area contributed by atoms with E-state index in [1.807, 2.05) is 19.1 Å². The summed E-state index contributed by atoms with van der Waals surface area (Å²) in [5.41, 5.74) is 1.13. The summed E-state index contributed by atoms with van der Waals surface area (Å²) in [4.78, 5) is 2.20. The molecule has 0 spiro atoms. The molecule has 1 aromatic carbocycles. The maximum absolute atomic E-state index is 5.47. The molecule has 2 heterocycles. The van der Waals surface area contributed by atoms with Crippen molar-refractivity contribution in [2.75, 3.05) is 23.8 Å². The van der Waals surface area contributed by atoms with Crippen LogP contribution in [0.5, 0.6) is 5.75 Å². The Morgan fingerprint density at radius 1 is 1.15 bits per heavy atom. The fourth-order valence-electron chi connectivity index (χ4n) is 2.35. The van der Waals surface area contributed by atoms with Gasteiger partial charge in [0.15, 0.2) is 5.16 Å². The molecule has 20 heavy (non-hydrogen) atoms. The summed E-state index contributed by atoms with van der Waals surface area (Å²) in [7, 11) is 0. The van der Waals surface area contributed by atoms with Crippen LogP contribution in [-0.2, 0) is 6.54 Å². The molecule has 1 aliphatic heterocycles. The van der Waals surface area contributed by atoms with Crippen molar-refractivity contribution in [2.24, 2.45) is 0 Å². The van der Waals surface area contributed by atoms with Crippen LogP contribution in [0, 0.1) is 0 Å². The molecule has 0 unspecified atom stereocenters. The van der Waals surface area contributed by atoms with Gasteiger partial charge < -0.3 is 9.64 Å². The van der Waals surface area contributed by atoms with Gasteiger partial charge in [0.25, 0.3) is 0 Å². The number of benzene rings is 1. The molecular formula is C14H18N4OS. The smallest absolute Gasteiger partial charge is 0.232 e. The van der Waals surface area contributed by atoms with Crippen molar-refractivity contribution in [3.63, 3.8) is 0 Å². The molecule has 0 fully saturated rings. The second-order valence-electron chi connectivity index (χ2n) is 4.45. The summed E-state index contributed by atoms with van der Waals surface area (Å²) in [5.74, 6) is 2.85. The molecule has 0 saturated carbocycles. The fraction of sp³-hybridized carbons (Fsp3) is 0.429. The van der Waals surface area contributed by atoms with Crippen LogP contribution in [0.3, 0.4) is 0 Å². The van der Waals surface area contributed by atoms with E-state index < -0.39 is 0 Å². The van der Waals surface area contributed by atoms with Crippen molar-refractivity contribution in [3.8, 4) is 5.75 Å². The van der Waals surface area contributed by atoms with E-state index in [1.165, 1.54) is 0 Å². The number of ether oxygens (including phenoxy) is 1. The Balaban J connectivity index is 1.83. The van der Waals surface area contributed by atoms with Gasteiger partial charge in [0, 0.05) is 18.8 Å². The zero-order chi connectivity index (χ0) is 13.9. The molecule has 0 saturated heterocycles. The van der Waals surface area contributed by atoms with Crippen LogP contribution in [0.15, 0.2) is 29.4 Å². The van der Waals surface area contributed by atoms with Crippen molar-refractivity contribution >= 4 is 23.4 Å². The van der Waals surface area contributed by atoms with Gasteiger partial charge in [-0.3, -0.25) is 4.57 Å². The highest BCUT2D eigenvalue weighted by Crippen LogP contribution is 2.32. The SMILES string of the molecule is CCOc1ccc(N2CCn3c(SCC)nnc32)cc1. The lowest BCUT2D eigenvalue weighted by atomic mass is 10.3. The summed E-state index contributed by atoms with van der Waals surface area (Å²) in [6, 6.07) is 8.14. The van der Waals surface area contributed by atoms with Crippen molar-refractivity contribution < 1.29 is 4.74 Å². The highest BCUT2D eigenvalue weighted by atomic mass is 32.2. The minimum absolute atomic E-state index is 0.689. The van der Waals surface area contributed by atoms with Crippen molar-refractivity contribution in [1.29, 1.82) is 0 Å². The molecule has 0 atom stereocenters. The van der Waals surface area contributed by atoms with E-state index >= 15 is 0 Å². The van der Waals surface area contributed by atoms with E-state index in [9.17, 15) is 0 Å². The summed E-state index contributed by atoms with van der Waals surface area (Å²) in [5, 5.41) is 9.59. The highest BCUT2D eigenvalue weighted by Gasteiger charge is 2.25. The van der Waals surface area contributed by atoms with Gasteiger partial charge in [0.1, 0.15) is 5.75 Å². The summed E-state index contributed by atoms with van der Waals surface area (Å²) in [6.45, 7) is 6.69. The van der Waals surface area contributed by atoms with E-state index in [0.717, 1.165) is 41.4 Å². The summed E-state index contributed by atoms with van der Waals surface area (Å²) < 4.78 is 7.66. The van der Waals surface area contributed by atoms with E-state index in [0.29, 0.717) is 6.61 Å². The predicted molar refractivity (Wildman–Crippen MR) is 81.0 cm³/mol. The van der Waals surface area contributed by atoms with Gasteiger partial charge in [0.2, 0.25) is 5.95 Å². The van der Waals surface area contributed by atoms with Crippen molar-refractivity contribution in [2.45, 2.75) is 25.5 Å². The second-order valence-corrected chi connectivity index (χ2v) is 5.68. The number of fused-ring (bicyclic) bond motifs is 1. The molecule has 0 N–H and O–H groups in total. The highest BCUT2D eigenvalue weighted by molar-refractivity contribution is 7.99. The largest absolute Gasteiger partial charge is 0.494 e. The third-order valence-corrected chi connectivity index (χ3v) is 4.07. The number of nitrogens with zero attached hydrogens (tertiary/aromatic N) is 4. The Bertz CT molecular complexity index is 581. The van der Waals surface area contributed by atoms with Crippen LogP contribution in [0.1, 0.15) is 13.8 Å². The second kappa shape index (κ2) is 5.75. The first-order valence-electron chi connectivity index (χ1n) is 6.90. The molecule has 0 amide bonds. The number of hydrogen-bond acceptors (Lipinski definition) is 5. The summed E-state index contributed by atoms with van der Waals surface area (Å²) in [6.07, 6.45) is 0. The topological polar surface area (TPSA) is 43.2 Å². The number of thioether (sulfide) groups is 1. The van der Waals surface area contributed by atoms with Crippen LogP contribution in [-0.4, -0.2) is 33.7 Å². The van der Waals surface area contributed by atoms with Crippen molar-refractivity contribution in [3.05, 3.63) is 24.3 Å². The average Bonchev–Trinajstić information content (AvgIpc) is 3.04. The molecule has 106 valence electrons. The Morgan fingerprint density at radius 3 is 2.65 bits per heavy atom. The van der Waals surface area contributed by atoms with Crippen LogP contribution in [0.25, 0.3) is 0 Å². The molecule has 0 aliphatic carbocycles. The molecule has 3 rings (SSSR count). The van der Waals surface area contributed by atoms with E-state index in [2.05, 4.69) is 38.7 Å². The standard InChI is InChI=1S/C14H18N4OS/c1-3-19-12-7-5-11(6-8-12)17-9-10-18-13(17)15-16-14(18)20-4-2/h5-8H,3-4,9-10H2,1-2H3. The Labute approximate surface area is 122 Å². The molecule has 6 heteroatoms. The van der Waals surface area contributed by atoms with Crippen LogP contribution < -0.4 is 9.64 Å². The van der Waals surface area contributed by atoms with E-state index in [-0.39, 0.29) is 0 Å². The zero-order valence-corrected chi connectivity index (χ0v) is 12.6. The molecule has 5 nitrogen and oxygen atoms in total. The number of anilines is 2. The normalized spacial score (nSPS) is 13.6. The number of hydrogen-bond donors (Lipinski definition) is 0. The van der Waals surface area contributed by atoms with Gasteiger partial charge in [-0.25, -0.2) is 0 Å². The maximum Gasteiger partial charge on any atom is 0.232 e. The van der Waals surface area contributed by atoms with Gasteiger partial charge in [0.05, 0.1) is 6.61 Å². The summed E-state index contributed by atoms with van der Waals surface area (Å²) >= 11 is 1.74. The lowest BCUT2D eigenvalue weighted by Gasteiger charge is -2.15. The molecule has 0 radical (unpaired) electrons. The average molecular weight is 290 g/mol. The fourth-order valence-corrected chi connectivity index (χ4v) is 3.03. The van der Waals surface area contributed by atoms with Gasteiger partial charge >= 0.3 is 0 Å². The first-order chi connectivity index (χ1) is 9.83. The van der Waals surface area contributed by atoms with Gasteiger partial charge in [-0.1, -0.05) is 18.7 Å². The molecule has 2 aromatic rings. The number of rotatable bonds is 5. The first-order valence-corrected chi connectivity index (χ1v) is 7.88. The Kier molecular flexibility index (Phi) is 3.82. The third kappa shape index (κ3) is 2.35. The van der Waals surface area contributed by atoms with Crippen LogP contribution in [0.4, 0.5) is 11.6 Å². The van der Waals surface area contributed by atoms with Gasteiger partial charge in [-0.15, -0.1) is 10.2 Å². The molecular weight excluding hydrogens is 272 g/mol. The third-order valence-electron chi connectivity index (χ3n) is 3.22. The Morgan fingerprint density at radius 2 is 1.95 bits per heavy atom. The monoisotopic (exact) mass is 290 g/mol. The molecule has 1 aliphatic rings. The first kappa shape index (κ1) is 13.3. The lowest BCUT2D eigenvalue weighted by molar-refractivity contribution is 0.340. The van der Waals surface area contributed by atoms with Gasteiger partial charge in [-0.05, 0) is 36.9 Å². The minimum Gasteiger partial charge on any atom is -0.494 e. The van der Waals surface area contributed by atoms with E-state index in [1.54, 1.807) is 11.8 Å². The molecule has 0 bridgehead atoms.